The smallest absolute Gasteiger partial charge is 0.251 e. The van der Waals surface area contributed by atoms with Gasteiger partial charge in [0, 0.05) is 5.56 Å². The number of fused-ring (bicyclic) bond motifs is 1. The van der Waals surface area contributed by atoms with E-state index in [-0.39, 0.29) is 11.9 Å². The highest BCUT2D eigenvalue weighted by Gasteiger charge is 2.20. The summed E-state index contributed by atoms with van der Waals surface area (Å²) in [4.78, 5) is 20.4. The van der Waals surface area contributed by atoms with E-state index in [1.54, 1.807) is 0 Å². The maximum Gasteiger partial charge on any atom is 0.251 e. The summed E-state index contributed by atoms with van der Waals surface area (Å²) < 4.78 is 0. The Kier molecular flexibility index (Phi) is 4.42. The van der Waals surface area contributed by atoms with Gasteiger partial charge >= 0.3 is 0 Å². The molecule has 1 atom stereocenters. The van der Waals surface area contributed by atoms with Crippen LogP contribution in [0.25, 0.3) is 11.0 Å². The number of hydrogen-bond donors (Lipinski definition) is 2. The van der Waals surface area contributed by atoms with Crippen molar-refractivity contribution in [3.63, 3.8) is 0 Å². The van der Waals surface area contributed by atoms with Crippen LogP contribution >= 0.6 is 0 Å². The first-order chi connectivity index (χ1) is 11.1. The van der Waals surface area contributed by atoms with Crippen molar-refractivity contribution in [3.05, 3.63) is 66.0 Å². The van der Waals surface area contributed by atoms with Gasteiger partial charge < -0.3 is 10.3 Å². The number of carbonyl (C=O) groups excluding carboxylic acids is 1. The van der Waals surface area contributed by atoms with E-state index < -0.39 is 0 Å². The summed E-state index contributed by atoms with van der Waals surface area (Å²) >= 11 is 0. The standard InChI is InChI=1S/C19H21N3O/c1-13(2)12-17(22-19(23)14-8-4-3-5-9-14)18-20-15-10-6-7-11-16(15)21-18/h3-11,13,17H,12H2,1-2H3,(H,20,21)(H,22,23)/t17-/m1/s1. The molecule has 0 saturated carbocycles. The number of amides is 1. The molecule has 118 valence electrons. The zero-order valence-corrected chi connectivity index (χ0v) is 13.4. The molecular weight excluding hydrogens is 286 g/mol. The normalized spacial score (nSPS) is 12.5. The second kappa shape index (κ2) is 6.65. The molecule has 0 unspecified atom stereocenters. The lowest BCUT2D eigenvalue weighted by Gasteiger charge is -2.18. The molecule has 0 spiro atoms. The second-order valence-electron chi connectivity index (χ2n) is 6.16. The Balaban J connectivity index is 1.87. The van der Waals surface area contributed by atoms with Crippen LogP contribution in [0.5, 0.6) is 0 Å². The first kappa shape index (κ1) is 15.3. The van der Waals surface area contributed by atoms with Gasteiger partial charge in [0.05, 0.1) is 17.1 Å². The summed E-state index contributed by atoms with van der Waals surface area (Å²) in [6, 6.07) is 17.1. The number of benzene rings is 2. The molecule has 1 heterocycles. The largest absolute Gasteiger partial charge is 0.342 e. The van der Waals surface area contributed by atoms with E-state index >= 15 is 0 Å². The predicted octanol–water partition coefficient (Wildman–Crippen LogP) is 4.08. The highest BCUT2D eigenvalue weighted by molar-refractivity contribution is 5.94. The van der Waals surface area contributed by atoms with Crippen molar-refractivity contribution in [1.29, 1.82) is 0 Å². The van der Waals surface area contributed by atoms with Gasteiger partial charge in [-0.2, -0.15) is 0 Å². The number of hydrogen-bond acceptors (Lipinski definition) is 2. The van der Waals surface area contributed by atoms with E-state index in [0.29, 0.717) is 11.5 Å². The maximum absolute atomic E-state index is 12.5. The number of imidazole rings is 1. The van der Waals surface area contributed by atoms with Crippen LogP contribution in [0.2, 0.25) is 0 Å². The SMILES string of the molecule is CC(C)C[C@@H](NC(=O)c1ccccc1)c1nc2ccccc2[nH]1. The highest BCUT2D eigenvalue weighted by atomic mass is 16.1. The zero-order valence-electron chi connectivity index (χ0n) is 13.4. The van der Waals surface area contributed by atoms with Crippen LogP contribution in [0.4, 0.5) is 0 Å². The third-order valence-electron chi connectivity index (χ3n) is 3.79. The summed E-state index contributed by atoms with van der Waals surface area (Å²) in [5.74, 6) is 1.19. The molecule has 0 aliphatic rings. The minimum atomic E-state index is -0.130. The van der Waals surface area contributed by atoms with Crippen LogP contribution in [0.3, 0.4) is 0 Å². The molecule has 4 heteroatoms. The fourth-order valence-electron chi connectivity index (χ4n) is 2.68. The van der Waals surface area contributed by atoms with Crippen LogP contribution in [0, 0.1) is 5.92 Å². The molecule has 2 aromatic carbocycles. The van der Waals surface area contributed by atoms with Gasteiger partial charge in [0.2, 0.25) is 0 Å². The topological polar surface area (TPSA) is 57.8 Å². The third-order valence-corrected chi connectivity index (χ3v) is 3.79. The van der Waals surface area contributed by atoms with Gasteiger partial charge in [-0.25, -0.2) is 4.98 Å². The highest BCUT2D eigenvalue weighted by Crippen LogP contribution is 2.22. The lowest BCUT2D eigenvalue weighted by Crippen LogP contribution is -2.30. The van der Waals surface area contributed by atoms with Crippen molar-refractivity contribution < 1.29 is 4.79 Å². The summed E-state index contributed by atoms with van der Waals surface area (Å²) in [5, 5.41) is 3.11. The minimum Gasteiger partial charge on any atom is -0.342 e. The van der Waals surface area contributed by atoms with Crippen molar-refractivity contribution in [2.45, 2.75) is 26.3 Å². The van der Waals surface area contributed by atoms with Gasteiger partial charge in [0.25, 0.3) is 5.91 Å². The number of nitrogens with one attached hydrogen (secondary N) is 2. The fraction of sp³-hybridized carbons (Fsp3) is 0.263. The van der Waals surface area contributed by atoms with E-state index in [4.69, 9.17) is 0 Å². The molecule has 0 aliphatic carbocycles. The van der Waals surface area contributed by atoms with Crippen LogP contribution in [0.15, 0.2) is 54.6 Å². The van der Waals surface area contributed by atoms with Gasteiger partial charge in [0.1, 0.15) is 5.82 Å². The van der Waals surface area contributed by atoms with Crippen LogP contribution in [-0.2, 0) is 0 Å². The summed E-state index contributed by atoms with van der Waals surface area (Å²) in [7, 11) is 0. The van der Waals surface area contributed by atoms with Crippen LogP contribution in [-0.4, -0.2) is 15.9 Å². The molecule has 1 amide bonds. The molecule has 0 bridgehead atoms. The van der Waals surface area contributed by atoms with Gasteiger partial charge in [-0.3, -0.25) is 4.79 Å². The maximum atomic E-state index is 12.5. The summed E-state index contributed by atoms with van der Waals surface area (Å²) in [6.45, 7) is 4.29. The Morgan fingerprint density at radius 2 is 1.78 bits per heavy atom. The van der Waals surface area contributed by atoms with Crippen molar-refractivity contribution in [3.8, 4) is 0 Å². The number of nitrogens with zero attached hydrogens (tertiary/aromatic N) is 1. The van der Waals surface area contributed by atoms with Gasteiger partial charge in [-0.15, -0.1) is 0 Å². The molecule has 0 aliphatic heterocycles. The van der Waals surface area contributed by atoms with Crippen molar-refractivity contribution in [2.75, 3.05) is 0 Å². The monoisotopic (exact) mass is 307 g/mol. The number of carbonyl (C=O) groups is 1. The fourth-order valence-corrected chi connectivity index (χ4v) is 2.68. The van der Waals surface area contributed by atoms with Gasteiger partial charge in [0.15, 0.2) is 0 Å². The molecule has 4 nitrogen and oxygen atoms in total. The van der Waals surface area contributed by atoms with E-state index in [1.807, 2.05) is 54.6 Å². The summed E-state index contributed by atoms with van der Waals surface area (Å²) in [5.41, 5.74) is 2.58. The van der Waals surface area contributed by atoms with Crippen molar-refractivity contribution in [1.82, 2.24) is 15.3 Å². The zero-order chi connectivity index (χ0) is 16.2. The molecule has 0 fully saturated rings. The van der Waals surface area contributed by atoms with E-state index in [9.17, 15) is 4.79 Å². The molecule has 0 saturated heterocycles. The average molecular weight is 307 g/mol. The Morgan fingerprint density at radius 3 is 2.48 bits per heavy atom. The number of aromatic nitrogens is 2. The molecular formula is C19H21N3O. The van der Waals surface area contributed by atoms with E-state index in [2.05, 4.69) is 29.1 Å². The van der Waals surface area contributed by atoms with Gasteiger partial charge in [-0.05, 0) is 36.6 Å². The molecule has 0 radical (unpaired) electrons. The Bertz CT molecular complexity index is 759. The summed E-state index contributed by atoms with van der Waals surface area (Å²) in [6.07, 6.45) is 0.832. The van der Waals surface area contributed by atoms with Crippen LogP contribution in [0.1, 0.15) is 42.5 Å². The lowest BCUT2D eigenvalue weighted by molar-refractivity contribution is 0.0930. The predicted molar refractivity (Wildman–Crippen MR) is 92.2 cm³/mol. The minimum absolute atomic E-state index is 0.0725. The lowest BCUT2D eigenvalue weighted by atomic mass is 10.0. The number of rotatable bonds is 5. The number of H-pyrrole nitrogens is 1. The second-order valence-corrected chi connectivity index (χ2v) is 6.16. The Labute approximate surface area is 136 Å². The third kappa shape index (κ3) is 3.59. The Hall–Kier alpha value is -2.62. The number of para-hydroxylation sites is 2. The average Bonchev–Trinajstić information content (AvgIpc) is 2.98. The van der Waals surface area contributed by atoms with Crippen molar-refractivity contribution in [2.24, 2.45) is 5.92 Å². The Morgan fingerprint density at radius 1 is 1.09 bits per heavy atom. The first-order valence-corrected chi connectivity index (χ1v) is 7.94. The van der Waals surface area contributed by atoms with Gasteiger partial charge in [-0.1, -0.05) is 44.2 Å². The molecule has 3 rings (SSSR count). The quantitative estimate of drug-likeness (QED) is 0.746. The molecule has 3 aromatic rings. The van der Waals surface area contributed by atoms with E-state index in [1.165, 1.54) is 0 Å². The molecule has 2 N–H and O–H groups in total. The first-order valence-electron chi connectivity index (χ1n) is 7.94. The van der Waals surface area contributed by atoms with Crippen molar-refractivity contribution >= 4 is 16.9 Å². The number of aromatic amines is 1. The van der Waals surface area contributed by atoms with Crippen LogP contribution < -0.4 is 5.32 Å². The molecule has 1 aromatic heterocycles. The van der Waals surface area contributed by atoms with E-state index in [0.717, 1.165) is 23.3 Å². The molecule has 23 heavy (non-hydrogen) atoms.